The topological polar surface area (TPSA) is 100 Å². The Morgan fingerprint density at radius 2 is 1.47 bits per heavy atom. The minimum Gasteiger partial charge on any atom is -0.744 e. The van der Waals surface area contributed by atoms with Crippen molar-refractivity contribution in [3.63, 3.8) is 0 Å². The standard InChI is InChI=1S/C13H16F3N2O2S.C7H8O3S/c1-4-17-9(3)18(5-2)12-8-10(6-7-11(12)17)21(19,20)13(14,15)16;1-6-2-4-7(5-3-6)11(8,9)10/h6-8H,4-5H2,1-3H3;2-5H,1H3,(H,8,9,10)/q+1;/p-1. The van der Waals surface area contributed by atoms with Gasteiger partial charge in [-0.25, -0.2) is 26.0 Å². The molecule has 0 bridgehead atoms. The van der Waals surface area contributed by atoms with Crippen LogP contribution in [0.25, 0.3) is 11.0 Å². The van der Waals surface area contributed by atoms with Gasteiger partial charge in [0.15, 0.2) is 11.0 Å². The van der Waals surface area contributed by atoms with Crippen LogP contribution in [0.2, 0.25) is 0 Å². The third-order valence-corrected chi connectivity index (χ3v) is 7.20. The van der Waals surface area contributed by atoms with Crippen molar-refractivity contribution >= 4 is 31.0 Å². The molecule has 12 heteroatoms. The molecule has 2 aromatic carbocycles. The Bertz CT molecular complexity index is 1330. The second kappa shape index (κ2) is 9.20. The summed E-state index contributed by atoms with van der Waals surface area (Å²) in [6.45, 7) is 8.65. The van der Waals surface area contributed by atoms with E-state index in [0.29, 0.717) is 18.6 Å². The molecule has 0 saturated heterocycles. The summed E-state index contributed by atoms with van der Waals surface area (Å²) >= 11 is 0. The summed E-state index contributed by atoms with van der Waals surface area (Å²) in [7, 11) is -9.60. The molecule has 0 amide bonds. The van der Waals surface area contributed by atoms with Gasteiger partial charge in [0.2, 0.25) is 0 Å². The van der Waals surface area contributed by atoms with E-state index in [1.165, 1.54) is 18.2 Å². The third kappa shape index (κ3) is 5.13. The van der Waals surface area contributed by atoms with Gasteiger partial charge in [-0.05, 0) is 45.0 Å². The lowest BCUT2D eigenvalue weighted by atomic mass is 10.2. The van der Waals surface area contributed by atoms with E-state index in [0.717, 1.165) is 29.0 Å². The molecule has 32 heavy (non-hydrogen) atoms. The van der Waals surface area contributed by atoms with Crippen LogP contribution in [-0.2, 0) is 33.0 Å². The molecule has 0 saturated carbocycles. The highest BCUT2D eigenvalue weighted by molar-refractivity contribution is 7.92. The molecule has 0 radical (unpaired) electrons. The maximum atomic E-state index is 12.7. The minimum absolute atomic E-state index is 0.178. The van der Waals surface area contributed by atoms with Crippen molar-refractivity contribution in [2.45, 2.75) is 56.1 Å². The Balaban J connectivity index is 0.000000278. The highest BCUT2D eigenvalue weighted by Gasteiger charge is 2.47. The Morgan fingerprint density at radius 3 is 1.91 bits per heavy atom. The Labute approximate surface area is 184 Å². The first-order valence-corrected chi connectivity index (χ1v) is 12.4. The van der Waals surface area contributed by atoms with E-state index in [1.807, 2.05) is 32.3 Å². The first kappa shape index (κ1) is 25.8. The van der Waals surface area contributed by atoms with Gasteiger partial charge >= 0.3 is 5.51 Å². The first-order valence-electron chi connectivity index (χ1n) is 9.51. The number of sulfone groups is 1. The van der Waals surface area contributed by atoms with E-state index >= 15 is 0 Å². The van der Waals surface area contributed by atoms with Gasteiger partial charge in [0.05, 0.1) is 22.9 Å². The molecule has 0 aliphatic rings. The fourth-order valence-electron chi connectivity index (χ4n) is 3.25. The zero-order valence-electron chi connectivity index (χ0n) is 17.8. The van der Waals surface area contributed by atoms with Gasteiger partial charge in [-0.2, -0.15) is 13.2 Å². The maximum absolute atomic E-state index is 12.7. The molecule has 0 aliphatic heterocycles. The SMILES string of the molecule is CCn1c(C)[n+](CC)c2ccc(S(=O)(=O)C(F)(F)F)cc21.Cc1ccc(S(=O)(=O)[O-])cc1. The van der Waals surface area contributed by atoms with Crippen LogP contribution in [0, 0.1) is 13.8 Å². The highest BCUT2D eigenvalue weighted by Crippen LogP contribution is 2.31. The smallest absolute Gasteiger partial charge is 0.501 e. The highest BCUT2D eigenvalue weighted by atomic mass is 32.2. The van der Waals surface area contributed by atoms with Crippen molar-refractivity contribution in [1.29, 1.82) is 0 Å². The van der Waals surface area contributed by atoms with Crippen LogP contribution >= 0.6 is 0 Å². The lowest BCUT2D eigenvalue weighted by Crippen LogP contribution is -2.35. The summed E-state index contributed by atoms with van der Waals surface area (Å²) < 4.78 is 95.9. The van der Waals surface area contributed by atoms with Crippen LogP contribution in [0.4, 0.5) is 13.2 Å². The molecule has 1 heterocycles. The second-order valence-corrected chi connectivity index (χ2v) is 10.2. The molecular weight excluding hydrogens is 469 g/mol. The van der Waals surface area contributed by atoms with Gasteiger partial charge < -0.3 is 4.55 Å². The fraction of sp³-hybridized carbons (Fsp3) is 0.350. The van der Waals surface area contributed by atoms with Crippen molar-refractivity contribution in [1.82, 2.24) is 4.57 Å². The zero-order chi connectivity index (χ0) is 24.5. The van der Waals surface area contributed by atoms with Crippen LogP contribution in [0.1, 0.15) is 25.2 Å². The predicted molar refractivity (Wildman–Crippen MR) is 111 cm³/mol. The number of aromatic nitrogens is 2. The van der Waals surface area contributed by atoms with Crippen LogP contribution < -0.4 is 4.57 Å². The number of imidazole rings is 1. The number of hydrogen-bond acceptors (Lipinski definition) is 5. The first-order chi connectivity index (χ1) is 14.6. The lowest BCUT2D eigenvalue weighted by Gasteiger charge is -2.07. The molecule has 0 unspecified atom stereocenters. The monoisotopic (exact) mass is 492 g/mol. The summed E-state index contributed by atoms with van der Waals surface area (Å²) in [5.74, 6) is 0.872. The molecular formula is C20H23F3N2O5S2. The number of rotatable bonds is 4. The van der Waals surface area contributed by atoms with Crippen molar-refractivity contribution < 1.29 is 39.1 Å². The van der Waals surface area contributed by atoms with Gasteiger partial charge in [0.25, 0.3) is 15.7 Å². The molecule has 0 aliphatic carbocycles. The lowest BCUT2D eigenvalue weighted by molar-refractivity contribution is -0.674. The van der Waals surface area contributed by atoms with Crippen LogP contribution in [0.5, 0.6) is 0 Å². The number of benzene rings is 2. The average molecular weight is 493 g/mol. The molecule has 0 fully saturated rings. The maximum Gasteiger partial charge on any atom is 0.501 e. The minimum atomic E-state index is -5.33. The van der Waals surface area contributed by atoms with Gasteiger partial charge in [0.1, 0.15) is 10.1 Å². The molecule has 7 nitrogen and oxygen atoms in total. The van der Waals surface area contributed by atoms with Gasteiger partial charge in [-0.1, -0.05) is 17.7 Å². The second-order valence-electron chi connectivity index (χ2n) is 6.90. The van der Waals surface area contributed by atoms with Crippen LogP contribution in [-0.4, -0.2) is 31.5 Å². The van der Waals surface area contributed by atoms with E-state index in [4.69, 9.17) is 0 Å². The van der Waals surface area contributed by atoms with Crippen molar-refractivity contribution in [2.75, 3.05) is 0 Å². The van der Waals surface area contributed by atoms with E-state index in [2.05, 4.69) is 0 Å². The molecule has 1 aromatic heterocycles. The largest absolute Gasteiger partial charge is 0.744 e. The van der Waals surface area contributed by atoms with E-state index < -0.39 is 30.4 Å². The zero-order valence-corrected chi connectivity index (χ0v) is 19.5. The Morgan fingerprint density at radius 1 is 0.938 bits per heavy atom. The van der Waals surface area contributed by atoms with Crippen molar-refractivity contribution in [3.05, 3.63) is 53.9 Å². The van der Waals surface area contributed by atoms with Gasteiger partial charge in [-0.15, -0.1) is 0 Å². The Hall–Kier alpha value is -2.44. The molecule has 0 spiro atoms. The van der Waals surface area contributed by atoms with Gasteiger partial charge in [0, 0.05) is 13.0 Å². The van der Waals surface area contributed by atoms with E-state index in [-0.39, 0.29) is 4.90 Å². The normalized spacial score (nSPS) is 12.5. The number of fused-ring (bicyclic) bond motifs is 1. The van der Waals surface area contributed by atoms with E-state index in [1.54, 1.807) is 16.7 Å². The molecule has 3 rings (SSSR count). The van der Waals surface area contributed by atoms with E-state index in [9.17, 15) is 34.6 Å². The number of alkyl halides is 3. The quantitative estimate of drug-likeness (QED) is 0.410. The van der Waals surface area contributed by atoms with Crippen LogP contribution in [0.3, 0.4) is 0 Å². The number of halogens is 3. The molecule has 3 aromatic rings. The summed E-state index contributed by atoms with van der Waals surface area (Å²) in [5, 5.41) is 0. The van der Waals surface area contributed by atoms with Crippen molar-refractivity contribution in [3.8, 4) is 0 Å². The number of aryl methyl sites for hydroxylation is 3. The molecule has 176 valence electrons. The summed E-state index contributed by atoms with van der Waals surface area (Å²) in [5.41, 5.74) is -3.15. The summed E-state index contributed by atoms with van der Waals surface area (Å²) in [6, 6.07) is 9.32. The molecule has 0 N–H and O–H groups in total. The average Bonchev–Trinajstić information content (AvgIpc) is 2.96. The van der Waals surface area contributed by atoms with Gasteiger partial charge in [-0.3, -0.25) is 0 Å². The summed E-state index contributed by atoms with van der Waals surface area (Å²) in [6.07, 6.45) is 0. The summed E-state index contributed by atoms with van der Waals surface area (Å²) in [4.78, 5) is -0.902. The van der Waals surface area contributed by atoms with Crippen LogP contribution in [0.15, 0.2) is 52.3 Å². The Kier molecular flexibility index (Phi) is 7.42. The number of hydrogen-bond donors (Lipinski definition) is 0. The van der Waals surface area contributed by atoms with Crippen molar-refractivity contribution in [2.24, 2.45) is 0 Å². The molecule has 0 atom stereocenters. The fourth-order valence-corrected chi connectivity index (χ4v) is 4.50. The predicted octanol–water partition coefficient (Wildman–Crippen LogP) is 3.47. The third-order valence-electron chi connectivity index (χ3n) is 4.87. The number of nitrogens with zero attached hydrogens (tertiary/aromatic N) is 2.